The second-order valence-corrected chi connectivity index (χ2v) is 12.1. The molecule has 0 saturated heterocycles. The third kappa shape index (κ3) is 3.73. The molecule has 0 spiro atoms. The summed E-state index contributed by atoms with van der Waals surface area (Å²) in [7, 11) is 0. The molecule has 0 atom stereocenters. The third-order valence-electron chi connectivity index (χ3n) is 9.50. The molecule has 3 aromatic heterocycles. The number of aromatic nitrogens is 2. The highest BCUT2D eigenvalue weighted by Crippen LogP contribution is 2.41. The van der Waals surface area contributed by atoms with Gasteiger partial charge in [0.25, 0.3) is 0 Å². The van der Waals surface area contributed by atoms with Gasteiger partial charge in [-0.25, -0.2) is 0 Å². The molecule has 7 aromatic carbocycles. The van der Waals surface area contributed by atoms with Gasteiger partial charge in [-0.1, -0.05) is 103 Å². The molecule has 0 aliphatic rings. The van der Waals surface area contributed by atoms with Crippen LogP contribution in [0, 0.1) is 0 Å². The molecule has 0 fully saturated rings. The minimum Gasteiger partial charge on any atom is -0.456 e. The monoisotopic (exact) mass is 602 g/mol. The van der Waals surface area contributed by atoms with Gasteiger partial charge in [0.1, 0.15) is 11.2 Å². The van der Waals surface area contributed by atoms with Gasteiger partial charge < -0.3 is 13.6 Å². The predicted octanol–water partition coefficient (Wildman–Crippen LogP) is 10.8. The molecule has 0 aliphatic heterocycles. The van der Waals surface area contributed by atoms with Gasteiger partial charge in [-0.05, 0) is 65.7 Å². The molecule has 47 heavy (non-hydrogen) atoms. The minimum absolute atomic E-state index is 0.0352. The zero-order chi connectivity index (χ0) is 31.1. The lowest BCUT2D eigenvalue weighted by molar-refractivity contribution is 0.660. The van der Waals surface area contributed by atoms with E-state index in [4.69, 9.17) is 4.42 Å². The topological polar surface area (TPSA) is 40.1 Å². The molecule has 0 unspecified atom stereocenters. The van der Waals surface area contributed by atoms with E-state index in [1.165, 1.54) is 10.8 Å². The number of benzene rings is 7. The van der Waals surface area contributed by atoms with Gasteiger partial charge in [-0.3, -0.25) is 4.79 Å². The largest absolute Gasteiger partial charge is 0.456 e. The van der Waals surface area contributed by atoms with Crippen molar-refractivity contribution in [1.29, 1.82) is 0 Å². The van der Waals surface area contributed by atoms with E-state index in [9.17, 15) is 4.79 Å². The van der Waals surface area contributed by atoms with Crippen molar-refractivity contribution in [2.75, 3.05) is 0 Å². The maximum Gasteiger partial charge on any atom is 0.200 e. The maximum absolute atomic E-state index is 14.1. The Bertz CT molecular complexity index is 2910. The fraction of sp³-hybridized carbons (Fsp3) is 0. The maximum atomic E-state index is 14.1. The SMILES string of the molecule is O=c1c2ccc(-c3ccccc3)cc2oc2ccc(-n3c4ccccc4c4ccc5c6ccccc6n(-c6ccccc6)c5c43)cc12. The van der Waals surface area contributed by atoms with E-state index in [1.54, 1.807) is 0 Å². The Balaban J connectivity index is 1.30. The number of para-hydroxylation sites is 3. The molecule has 0 radical (unpaired) electrons. The summed E-state index contributed by atoms with van der Waals surface area (Å²) in [6.45, 7) is 0. The van der Waals surface area contributed by atoms with Gasteiger partial charge in [0.15, 0.2) is 0 Å². The molecule has 4 heteroatoms. The van der Waals surface area contributed by atoms with E-state index in [0.29, 0.717) is 21.9 Å². The average molecular weight is 603 g/mol. The molecule has 0 N–H and O–H groups in total. The summed E-state index contributed by atoms with van der Waals surface area (Å²) < 4.78 is 11.1. The molecule has 10 rings (SSSR count). The Morgan fingerprint density at radius 2 is 0.957 bits per heavy atom. The molecule has 10 aromatic rings. The van der Waals surface area contributed by atoms with Crippen molar-refractivity contribution < 1.29 is 4.42 Å². The first-order valence-electron chi connectivity index (χ1n) is 15.8. The molecule has 0 bridgehead atoms. The zero-order valence-electron chi connectivity index (χ0n) is 25.2. The van der Waals surface area contributed by atoms with Crippen molar-refractivity contribution in [2.24, 2.45) is 0 Å². The van der Waals surface area contributed by atoms with E-state index in [2.05, 4.69) is 118 Å². The normalized spacial score (nSPS) is 11.9. The van der Waals surface area contributed by atoms with Crippen molar-refractivity contribution in [2.45, 2.75) is 0 Å². The van der Waals surface area contributed by atoms with Crippen LogP contribution in [0.2, 0.25) is 0 Å². The summed E-state index contributed by atoms with van der Waals surface area (Å²) in [5.74, 6) is 0. The third-order valence-corrected chi connectivity index (χ3v) is 9.50. The molecular weight excluding hydrogens is 576 g/mol. The summed E-state index contributed by atoms with van der Waals surface area (Å²) in [5.41, 5.74) is 9.69. The first-order valence-corrected chi connectivity index (χ1v) is 15.8. The molecule has 0 aliphatic carbocycles. The fourth-order valence-electron chi connectivity index (χ4n) is 7.41. The van der Waals surface area contributed by atoms with Gasteiger partial charge in [-0.15, -0.1) is 0 Å². The number of hydrogen-bond acceptors (Lipinski definition) is 2. The summed E-state index contributed by atoms with van der Waals surface area (Å²) in [4.78, 5) is 14.1. The Morgan fingerprint density at radius 1 is 0.383 bits per heavy atom. The minimum atomic E-state index is -0.0352. The van der Waals surface area contributed by atoms with Crippen molar-refractivity contribution in [1.82, 2.24) is 9.13 Å². The van der Waals surface area contributed by atoms with Crippen LogP contribution in [0.3, 0.4) is 0 Å². The number of fused-ring (bicyclic) bond motifs is 9. The average Bonchev–Trinajstić information content (AvgIpc) is 3.65. The van der Waals surface area contributed by atoms with Crippen molar-refractivity contribution >= 4 is 65.6 Å². The Labute approximate surface area is 268 Å². The van der Waals surface area contributed by atoms with Crippen LogP contribution in [0.4, 0.5) is 0 Å². The van der Waals surface area contributed by atoms with Crippen LogP contribution in [-0.4, -0.2) is 9.13 Å². The van der Waals surface area contributed by atoms with Gasteiger partial charge >= 0.3 is 0 Å². The predicted molar refractivity (Wildman–Crippen MR) is 194 cm³/mol. The van der Waals surface area contributed by atoms with Crippen LogP contribution >= 0.6 is 0 Å². The quantitative estimate of drug-likeness (QED) is 0.189. The van der Waals surface area contributed by atoms with Crippen LogP contribution in [0.5, 0.6) is 0 Å². The van der Waals surface area contributed by atoms with Gasteiger partial charge in [0.05, 0.1) is 32.8 Å². The van der Waals surface area contributed by atoms with Gasteiger partial charge in [0.2, 0.25) is 5.43 Å². The Hall–Kier alpha value is -6.39. The van der Waals surface area contributed by atoms with Crippen molar-refractivity contribution in [3.8, 4) is 22.5 Å². The Kier molecular flexibility index (Phi) is 5.40. The van der Waals surface area contributed by atoms with Crippen molar-refractivity contribution in [3.63, 3.8) is 0 Å². The molecular formula is C43H26N2O2. The molecule has 220 valence electrons. The highest BCUT2D eigenvalue weighted by molar-refractivity contribution is 6.23. The number of hydrogen-bond donors (Lipinski definition) is 0. The van der Waals surface area contributed by atoms with Crippen LogP contribution < -0.4 is 5.43 Å². The van der Waals surface area contributed by atoms with E-state index >= 15 is 0 Å². The summed E-state index contributed by atoms with van der Waals surface area (Å²) in [5, 5.41) is 5.83. The molecule has 3 heterocycles. The van der Waals surface area contributed by atoms with Crippen LogP contribution in [0.15, 0.2) is 167 Å². The zero-order valence-corrected chi connectivity index (χ0v) is 25.2. The van der Waals surface area contributed by atoms with Gasteiger partial charge in [0, 0.05) is 32.9 Å². The Morgan fingerprint density at radius 3 is 1.64 bits per heavy atom. The summed E-state index contributed by atoms with van der Waals surface area (Å²) in [6.07, 6.45) is 0. The van der Waals surface area contributed by atoms with Crippen LogP contribution in [0.25, 0.3) is 88.1 Å². The van der Waals surface area contributed by atoms with Gasteiger partial charge in [-0.2, -0.15) is 0 Å². The second kappa shape index (κ2) is 9.80. The van der Waals surface area contributed by atoms with Crippen molar-refractivity contribution in [3.05, 3.63) is 168 Å². The lowest BCUT2D eigenvalue weighted by atomic mass is 10.0. The lowest BCUT2D eigenvalue weighted by Crippen LogP contribution is -2.04. The molecule has 4 nitrogen and oxygen atoms in total. The fourth-order valence-corrected chi connectivity index (χ4v) is 7.41. The smallest absolute Gasteiger partial charge is 0.200 e. The first kappa shape index (κ1) is 25.9. The summed E-state index contributed by atoms with van der Waals surface area (Å²) >= 11 is 0. The standard InChI is InChI=1S/C43H26N2O2/c46-43-35-21-19-28(27-11-3-1-4-12-27)25-40(35)47-39-24-20-30(26-36(39)43)45-38-18-10-8-16-32(38)34-23-22-33-31-15-7-9-17-37(31)44(41(33)42(34)45)29-13-5-2-6-14-29/h1-26H. The highest BCUT2D eigenvalue weighted by atomic mass is 16.3. The van der Waals surface area contributed by atoms with Crippen LogP contribution in [0.1, 0.15) is 0 Å². The van der Waals surface area contributed by atoms with E-state index in [0.717, 1.165) is 55.3 Å². The van der Waals surface area contributed by atoms with E-state index < -0.39 is 0 Å². The molecule has 0 saturated carbocycles. The second-order valence-electron chi connectivity index (χ2n) is 12.1. The summed E-state index contributed by atoms with van der Waals surface area (Å²) in [6, 6.07) is 54.1. The van der Waals surface area contributed by atoms with Crippen LogP contribution in [-0.2, 0) is 0 Å². The molecule has 0 amide bonds. The lowest BCUT2D eigenvalue weighted by Gasteiger charge is -2.13. The highest BCUT2D eigenvalue weighted by Gasteiger charge is 2.21. The number of rotatable bonds is 3. The van der Waals surface area contributed by atoms with E-state index in [1.807, 2.05) is 48.5 Å². The number of nitrogens with zero attached hydrogens (tertiary/aromatic N) is 2. The first-order chi connectivity index (χ1) is 23.2. The van der Waals surface area contributed by atoms with E-state index in [-0.39, 0.29) is 5.43 Å².